The zero-order valence-corrected chi connectivity index (χ0v) is 14.4. The maximum atomic E-state index is 11.8. The van der Waals surface area contributed by atoms with Gasteiger partial charge in [0.2, 0.25) is 0 Å². The highest BCUT2D eigenvalue weighted by molar-refractivity contribution is 7.90. The van der Waals surface area contributed by atoms with Crippen LogP contribution in [0.25, 0.3) is 11.0 Å². The number of anilines is 1. The summed E-state index contributed by atoms with van der Waals surface area (Å²) in [6.45, 7) is 0.221. The summed E-state index contributed by atoms with van der Waals surface area (Å²) < 4.78 is 25.5. The van der Waals surface area contributed by atoms with Gasteiger partial charge in [0.25, 0.3) is 0 Å². The number of para-hydroxylation sites is 3. The minimum Gasteiger partial charge on any atom is -0.372 e. The second-order valence-corrected chi connectivity index (χ2v) is 7.60. The molecule has 1 heterocycles. The lowest BCUT2D eigenvalue weighted by Crippen LogP contribution is -2.10. The number of nitro groups is 1. The fourth-order valence-electron chi connectivity index (χ4n) is 2.68. The largest absolute Gasteiger partial charge is 0.372 e. The molecule has 0 amide bonds. The third-order valence-corrected chi connectivity index (χ3v) is 5.03. The highest BCUT2D eigenvalue weighted by atomic mass is 32.2. The number of aryl methyl sites for hydroxylation is 1. The van der Waals surface area contributed by atoms with Gasteiger partial charge in [-0.25, -0.2) is 13.4 Å². The minimum absolute atomic E-state index is 0.139. The summed E-state index contributed by atoms with van der Waals surface area (Å²) in [5.74, 6) is 0.681. The Balaban J connectivity index is 1.98. The van der Waals surface area contributed by atoms with Gasteiger partial charge in [0, 0.05) is 13.3 Å². The molecule has 0 saturated carbocycles. The Bertz CT molecular complexity index is 1070. The van der Waals surface area contributed by atoms with Crippen molar-refractivity contribution >= 4 is 32.2 Å². The van der Waals surface area contributed by atoms with Crippen LogP contribution in [-0.4, -0.2) is 29.1 Å². The summed E-state index contributed by atoms with van der Waals surface area (Å²) in [4.78, 5) is 14.9. The standard InChI is InChI=1S/C16H16N4O4S/c1-19-13-8-4-3-6-11(13)18-15(19)10-17-12-7-5-9-14(25(2,23)24)16(12)20(21)22/h3-9,17H,10H2,1-2H3. The molecule has 8 nitrogen and oxygen atoms in total. The van der Waals surface area contributed by atoms with Crippen molar-refractivity contribution in [3.63, 3.8) is 0 Å². The van der Waals surface area contributed by atoms with Crippen LogP contribution in [0.15, 0.2) is 47.4 Å². The third-order valence-electron chi connectivity index (χ3n) is 3.90. The van der Waals surface area contributed by atoms with Gasteiger partial charge in [-0.15, -0.1) is 0 Å². The summed E-state index contributed by atoms with van der Waals surface area (Å²) in [6, 6.07) is 11.8. The van der Waals surface area contributed by atoms with E-state index >= 15 is 0 Å². The summed E-state index contributed by atoms with van der Waals surface area (Å²) in [5, 5.41) is 14.3. The number of benzene rings is 2. The monoisotopic (exact) mass is 360 g/mol. The molecule has 0 atom stereocenters. The number of sulfone groups is 1. The molecular formula is C16H16N4O4S. The average molecular weight is 360 g/mol. The van der Waals surface area contributed by atoms with E-state index in [1.807, 2.05) is 35.9 Å². The van der Waals surface area contributed by atoms with E-state index in [4.69, 9.17) is 0 Å². The Morgan fingerprint density at radius 1 is 1.20 bits per heavy atom. The Morgan fingerprint density at radius 3 is 2.56 bits per heavy atom. The van der Waals surface area contributed by atoms with E-state index in [0.717, 1.165) is 17.3 Å². The normalized spacial score (nSPS) is 11.6. The maximum absolute atomic E-state index is 11.8. The summed E-state index contributed by atoms with van der Waals surface area (Å²) in [6.07, 6.45) is 0.949. The summed E-state index contributed by atoms with van der Waals surface area (Å²) >= 11 is 0. The van der Waals surface area contributed by atoms with Crippen LogP contribution in [0.3, 0.4) is 0 Å². The highest BCUT2D eigenvalue weighted by Crippen LogP contribution is 2.32. The molecule has 0 aliphatic heterocycles. The van der Waals surface area contributed by atoms with Gasteiger partial charge < -0.3 is 9.88 Å². The molecule has 0 aliphatic carbocycles. The molecule has 2 aromatic carbocycles. The van der Waals surface area contributed by atoms with E-state index < -0.39 is 20.4 Å². The lowest BCUT2D eigenvalue weighted by molar-refractivity contribution is -0.386. The molecule has 0 spiro atoms. The number of nitro benzene ring substituents is 1. The first-order chi connectivity index (χ1) is 11.8. The van der Waals surface area contributed by atoms with Crippen LogP contribution in [0, 0.1) is 10.1 Å². The van der Waals surface area contributed by atoms with Gasteiger partial charge in [0.05, 0.1) is 22.5 Å². The van der Waals surface area contributed by atoms with Crippen molar-refractivity contribution in [2.24, 2.45) is 7.05 Å². The molecule has 3 rings (SSSR count). The van der Waals surface area contributed by atoms with E-state index in [0.29, 0.717) is 5.82 Å². The summed E-state index contributed by atoms with van der Waals surface area (Å²) in [5.41, 5.74) is 1.45. The first-order valence-corrected chi connectivity index (χ1v) is 9.30. The Labute approximate surface area is 144 Å². The average Bonchev–Trinajstić information content (AvgIpc) is 2.88. The van der Waals surface area contributed by atoms with Crippen LogP contribution in [-0.2, 0) is 23.4 Å². The minimum atomic E-state index is -3.72. The van der Waals surface area contributed by atoms with Gasteiger partial charge in [-0.05, 0) is 24.3 Å². The number of imidazole rings is 1. The molecule has 3 aromatic rings. The van der Waals surface area contributed by atoms with Gasteiger partial charge in [0.15, 0.2) is 9.84 Å². The van der Waals surface area contributed by atoms with Gasteiger partial charge in [0.1, 0.15) is 16.4 Å². The van der Waals surface area contributed by atoms with Gasteiger partial charge in [-0.1, -0.05) is 18.2 Å². The molecule has 0 saturated heterocycles. The fourth-order valence-corrected chi connectivity index (χ4v) is 3.54. The molecule has 0 fully saturated rings. The van der Waals surface area contributed by atoms with E-state index in [1.165, 1.54) is 18.2 Å². The zero-order valence-electron chi connectivity index (χ0n) is 13.6. The number of hydrogen-bond acceptors (Lipinski definition) is 6. The number of aromatic nitrogens is 2. The molecule has 1 N–H and O–H groups in total. The lowest BCUT2D eigenvalue weighted by atomic mass is 10.2. The maximum Gasteiger partial charge on any atom is 0.310 e. The van der Waals surface area contributed by atoms with Gasteiger partial charge in [-0.3, -0.25) is 10.1 Å². The van der Waals surface area contributed by atoms with Crippen LogP contribution in [0.5, 0.6) is 0 Å². The summed E-state index contributed by atoms with van der Waals surface area (Å²) in [7, 11) is -1.86. The topological polar surface area (TPSA) is 107 Å². The number of hydrogen-bond donors (Lipinski definition) is 1. The lowest BCUT2D eigenvalue weighted by Gasteiger charge is -2.09. The van der Waals surface area contributed by atoms with E-state index in [9.17, 15) is 18.5 Å². The molecular weight excluding hydrogens is 344 g/mol. The van der Waals surface area contributed by atoms with Crippen LogP contribution in [0.4, 0.5) is 11.4 Å². The molecule has 0 unspecified atom stereocenters. The molecule has 1 aromatic heterocycles. The Morgan fingerprint density at radius 2 is 1.92 bits per heavy atom. The second-order valence-electron chi connectivity index (χ2n) is 5.61. The molecule has 0 aliphatic rings. The number of nitrogens with zero attached hydrogens (tertiary/aromatic N) is 3. The Hall–Kier alpha value is -2.94. The van der Waals surface area contributed by atoms with Gasteiger partial charge >= 0.3 is 5.69 Å². The quantitative estimate of drug-likeness (QED) is 0.553. The SMILES string of the molecule is Cn1c(CNc2cccc(S(C)(=O)=O)c2[N+](=O)[O-])nc2ccccc21. The molecule has 9 heteroatoms. The van der Waals surface area contributed by atoms with Crippen LogP contribution < -0.4 is 5.32 Å². The zero-order chi connectivity index (χ0) is 18.2. The molecule has 25 heavy (non-hydrogen) atoms. The predicted molar refractivity (Wildman–Crippen MR) is 94.2 cm³/mol. The molecule has 130 valence electrons. The highest BCUT2D eigenvalue weighted by Gasteiger charge is 2.26. The van der Waals surface area contributed by atoms with Crippen molar-refractivity contribution in [2.75, 3.05) is 11.6 Å². The van der Waals surface area contributed by atoms with Crippen molar-refractivity contribution in [1.82, 2.24) is 9.55 Å². The van der Waals surface area contributed by atoms with E-state index in [2.05, 4.69) is 10.3 Å². The van der Waals surface area contributed by atoms with Crippen LogP contribution in [0.2, 0.25) is 0 Å². The van der Waals surface area contributed by atoms with Crippen LogP contribution in [0.1, 0.15) is 5.82 Å². The van der Waals surface area contributed by atoms with Crippen molar-refractivity contribution in [1.29, 1.82) is 0 Å². The van der Waals surface area contributed by atoms with Crippen LogP contribution >= 0.6 is 0 Å². The first-order valence-electron chi connectivity index (χ1n) is 7.40. The second kappa shape index (κ2) is 6.17. The van der Waals surface area contributed by atoms with E-state index in [1.54, 1.807) is 0 Å². The number of nitrogens with one attached hydrogen (secondary N) is 1. The van der Waals surface area contributed by atoms with Crippen molar-refractivity contribution in [3.8, 4) is 0 Å². The third kappa shape index (κ3) is 3.18. The van der Waals surface area contributed by atoms with Crippen molar-refractivity contribution < 1.29 is 13.3 Å². The molecule has 0 bridgehead atoms. The van der Waals surface area contributed by atoms with Crippen molar-refractivity contribution in [3.05, 3.63) is 58.4 Å². The number of fused-ring (bicyclic) bond motifs is 1. The van der Waals surface area contributed by atoms with Gasteiger partial charge in [-0.2, -0.15) is 0 Å². The number of rotatable bonds is 5. The molecule has 0 radical (unpaired) electrons. The van der Waals surface area contributed by atoms with Crippen molar-refractivity contribution in [2.45, 2.75) is 11.4 Å². The Kier molecular flexibility index (Phi) is 4.17. The van der Waals surface area contributed by atoms with E-state index in [-0.39, 0.29) is 17.1 Å². The fraction of sp³-hybridized carbons (Fsp3) is 0.188. The predicted octanol–water partition coefficient (Wildman–Crippen LogP) is 2.50. The first kappa shape index (κ1) is 16.9. The smallest absolute Gasteiger partial charge is 0.310 e.